The fourth-order valence-electron chi connectivity index (χ4n) is 2.31. The Labute approximate surface area is 160 Å². The fraction of sp³-hybridized carbons (Fsp3) is 0.333. The molecule has 0 aromatic carbocycles. The van der Waals surface area contributed by atoms with Gasteiger partial charge >= 0.3 is 5.52 Å². The number of rotatable bonds is 4. The van der Waals surface area contributed by atoms with Crippen LogP contribution >= 0.6 is 23.1 Å². The molecule has 0 N–H and O–H groups in total. The van der Waals surface area contributed by atoms with Gasteiger partial charge in [-0.1, -0.05) is 11.5 Å². The van der Waals surface area contributed by atoms with Crippen LogP contribution in [0.15, 0.2) is 16.7 Å². The second kappa shape index (κ2) is 6.88. The quantitative estimate of drug-likeness (QED) is 0.269. The lowest BCUT2D eigenvalue weighted by Gasteiger charge is -2.18. The zero-order valence-corrected chi connectivity index (χ0v) is 19.1. The van der Waals surface area contributed by atoms with Gasteiger partial charge in [-0.25, -0.2) is 35.2 Å². The van der Waals surface area contributed by atoms with E-state index in [1.165, 1.54) is 29.4 Å². The highest BCUT2D eigenvalue weighted by Gasteiger charge is 2.64. The van der Waals surface area contributed by atoms with E-state index in [4.69, 9.17) is 0 Å². The second-order valence-corrected chi connectivity index (χ2v) is 27.5. The van der Waals surface area contributed by atoms with E-state index in [9.17, 15) is 25.3 Å². The molecule has 0 aliphatic carbocycles. The topological polar surface area (TPSA) is 128 Å². The molecule has 2 aromatic heterocycles. The van der Waals surface area contributed by atoms with Crippen molar-refractivity contribution in [3.8, 4) is 11.5 Å². The van der Waals surface area contributed by atoms with Crippen molar-refractivity contribution < 1.29 is 25.3 Å². The minimum absolute atomic E-state index is 0.260. The first-order valence-corrected chi connectivity index (χ1v) is 18.6. The van der Waals surface area contributed by atoms with Crippen LogP contribution in [0.2, 0.25) is 0 Å². The van der Waals surface area contributed by atoms with Crippen LogP contribution < -0.4 is 0 Å². The van der Waals surface area contributed by atoms with Gasteiger partial charge in [-0.05, 0) is 6.26 Å². The lowest BCUT2D eigenvalue weighted by molar-refractivity contribution is 0.606. The largest absolute Gasteiger partial charge is 0.522 e. The molecule has 0 aliphatic rings. The summed E-state index contributed by atoms with van der Waals surface area (Å²) in [6.45, 7) is 0. The van der Waals surface area contributed by atoms with E-state index in [1.54, 1.807) is 5.38 Å². The predicted octanol–water partition coefficient (Wildman–Crippen LogP) is 0.377. The van der Waals surface area contributed by atoms with Crippen LogP contribution in [0.5, 0.6) is 0 Å². The third kappa shape index (κ3) is 3.43. The third-order valence-electron chi connectivity index (χ3n) is 3.33. The first-order chi connectivity index (χ1) is 11.8. The summed E-state index contributed by atoms with van der Waals surface area (Å²) in [5, 5.41) is 2.25. The van der Waals surface area contributed by atoms with Gasteiger partial charge in [0.15, 0.2) is 27.9 Å². The van der Waals surface area contributed by atoms with Crippen LogP contribution in [-0.2, 0) is 27.9 Å². The standard InChI is InChI=1S/C12H14N2O6S5Si/c1-21-12-11-10(13-8-14-12)9(7-22-11)5-6-26(23(2,15)16,24(3,17)18)25(4,19)20/h7-8H,1-4H3. The Morgan fingerprint density at radius 2 is 1.54 bits per heavy atom. The Balaban J connectivity index is 2.88. The van der Waals surface area contributed by atoms with E-state index in [2.05, 4.69) is 21.4 Å². The summed E-state index contributed by atoms with van der Waals surface area (Å²) in [6, 6.07) is 0. The fourth-order valence-corrected chi connectivity index (χ4v) is 28.4. The minimum Gasteiger partial charge on any atom is -0.234 e. The molecule has 0 fully saturated rings. The van der Waals surface area contributed by atoms with Gasteiger partial charge in [0.05, 0.1) is 10.3 Å². The van der Waals surface area contributed by atoms with E-state index < -0.39 is 33.4 Å². The lowest BCUT2D eigenvalue weighted by atomic mass is 10.3. The smallest absolute Gasteiger partial charge is 0.234 e. The lowest BCUT2D eigenvalue weighted by Crippen LogP contribution is -2.57. The highest BCUT2D eigenvalue weighted by Crippen LogP contribution is 2.31. The number of thiophene rings is 1. The molecule has 26 heavy (non-hydrogen) atoms. The van der Waals surface area contributed by atoms with Gasteiger partial charge in [0.2, 0.25) is 0 Å². The Kier molecular flexibility index (Phi) is 5.64. The van der Waals surface area contributed by atoms with E-state index in [-0.39, 0.29) is 5.56 Å². The van der Waals surface area contributed by atoms with Crippen LogP contribution in [0.4, 0.5) is 0 Å². The Morgan fingerprint density at radius 1 is 1.00 bits per heavy atom. The molecule has 14 heteroatoms. The molecule has 0 radical (unpaired) electrons. The van der Waals surface area contributed by atoms with Gasteiger partial charge in [-0.2, -0.15) is 0 Å². The number of hydrogen-bond donors (Lipinski definition) is 0. The molecular weight excluding hydrogens is 457 g/mol. The summed E-state index contributed by atoms with van der Waals surface area (Å²) in [7, 11) is -13.5. The maximum atomic E-state index is 12.2. The molecule has 0 bridgehead atoms. The number of thioether (sulfide) groups is 1. The van der Waals surface area contributed by atoms with E-state index in [1.807, 2.05) is 6.26 Å². The SMILES string of the molecule is CSc1ncnc2c(C#C[Si](S(C)(=O)=O)(S(C)(=O)=O)S(C)(=O)=O)csc12. The monoisotopic (exact) mass is 470 g/mol. The van der Waals surface area contributed by atoms with Gasteiger partial charge in [0, 0.05) is 24.1 Å². The number of nitrogens with zero attached hydrogens (tertiary/aromatic N) is 2. The van der Waals surface area contributed by atoms with Crippen molar-refractivity contribution in [2.45, 2.75) is 5.03 Å². The summed E-state index contributed by atoms with van der Waals surface area (Å²) >= 11 is 2.64. The molecule has 142 valence electrons. The first-order valence-electron chi connectivity index (χ1n) is 6.64. The highest BCUT2D eigenvalue weighted by molar-refractivity contribution is 8.74. The number of fused-ring (bicyclic) bond motifs is 1. The van der Waals surface area contributed by atoms with Crippen molar-refractivity contribution in [2.24, 2.45) is 0 Å². The van der Waals surface area contributed by atoms with Gasteiger partial charge in [-0.3, -0.25) is 0 Å². The zero-order valence-electron chi connectivity index (χ0n) is 14.0. The van der Waals surface area contributed by atoms with Crippen molar-refractivity contribution >= 4 is 66.7 Å². The Morgan fingerprint density at radius 3 is 2.00 bits per heavy atom. The van der Waals surface area contributed by atoms with Gasteiger partial charge < -0.3 is 0 Å². The van der Waals surface area contributed by atoms with Gasteiger partial charge in [-0.15, -0.1) is 23.1 Å². The van der Waals surface area contributed by atoms with Gasteiger partial charge in [0.1, 0.15) is 16.9 Å². The normalized spacial score (nSPS) is 13.4. The van der Waals surface area contributed by atoms with Crippen LogP contribution in [0.25, 0.3) is 10.2 Å². The summed E-state index contributed by atoms with van der Waals surface area (Å²) in [5.74, 6) is 2.46. The average molecular weight is 471 g/mol. The molecule has 8 nitrogen and oxygen atoms in total. The number of aromatic nitrogens is 2. The molecule has 0 aliphatic heterocycles. The molecule has 2 rings (SSSR count). The molecule has 0 amide bonds. The van der Waals surface area contributed by atoms with Crippen LogP contribution in [0.1, 0.15) is 5.56 Å². The summed E-state index contributed by atoms with van der Waals surface area (Å²) in [5.41, 5.74) is -2.33. The predicted molar refractivity (Wildman–Crippen MR) is 106 cm³/mol. The Hall–Kier alpha value is -0.983. The van der Waals surface area contributed by atoms with Gasteiger partial charge in [0.25, 0.3) is 0 Å². The molecule has 0 saturated carbocycles. The molecule has 0 atom stereocenters. The van der Waals surface area contributed by atoms with Crippen molar-refractivity contribution in [2.75, 3.05) is 25.0 Å². The van der Waals surface area contributed by atoms with Crippen molar-refractivity contribution in [1.82, 2.24) is 9.97 Å². The Bertz CT molecular complexity index is 1170. The van der Waals surface area contributed by atoms with Crippen molar-refractivity contribution in [3.05, 3.63) is 17.3 Å². The summed E-state index contributed by atoms with van der Waals surface area (Å²) in [6.07, 6.45) is 4.91. The molecule has 0 saturated heterocycles. The average Bonchev–Trinajstić information content (AvgIpc) is 2.86. The zero-order chi connectivity index (χ0) is 20.0. The maximum Gasteiger partial charge on any atom is 0.522 e. The number of hydrogen-bond acceptors (Lipinski definition) is 10. The third-order valence-corrected chi connectivity index (χ3v) is 34.5. The van der Waals surface area contributed by atoms with Crippen LogP contribution in [0.3, 0.4) is 0 Å². The van der Waals surface area contributed by atoms with Crippen LogP contribution in [-0.4, -0.2) is 65.8 Å². The van der Waals surface area contributed by atoms with E-state index in [0.717, 1.165) is 0 Å². The van der Waals surface area contributed by atoms with Crippen molar-refractivity contribution in [1.29, 1.82) is 0 Å². The second-order valence-electron chi connectivity index (χ2n) is 5.33. The summed E-state index contributed by atoms with van der Waals surface area (Å²) in [4.78, 5) is 8.19. The van der Waals surface area contributed by atoms with E-state index >= 15 is 0 Å². The molecule has 0 spiro atoms. The van der Waals surface area contributed by atoms with Crippen molar-refractivity contribution in [3.63, 3.8) is 0 Å². The highest BCUT2D eigenvalue weighted by atomic mass is 32.8. The molecule has 2 heterocycles. The molecule has 0 unspecified atom stereocenters. The molecular formula is C12H14N2O6S5Si. The van der Waals surface area contributed by atoms with Crippen LogP contribution in [0, 0.1) is 11.5 Å². The molecule has 2 aromatic rings. The van der Waals surface area contributed by atoms with E-state index in [0.29, 0.717) is 34.0 Å². The summed E-state index contributed by atoms with van der Waals surface area (Å²) < 4.78 is 74.2. The first kappa shape index (κ1) is 21.3. The minimum atomic E-state index is -5.15. The maximum absolute atomic E-state index is 12.2.